The molecule has 0 spiro atoms. The Hall–Kier alpha value is -2.97. The summed E-state index contributed by atoms with van der Waals surface area (Å²) < 4.78 is 124. The second-order valence-corrected chi connectivity index (χ2v) is 8.49. The topological polar surface area (TPSA) is 56.0 Å². The van der Waals surface area contributed by atoms with E-state index < -0.39 is 53.4 Å². The summed E-state index contributed by atoms with van der Waals surface area (Å²) in [5.41, 5.74) is -7.86. The van der Waals surface area contributed by atoms with E-state index in [1.54, 1.807) is 0 Å². The summed E-state index contributed by atoms with van der Waals surface area (Å²) in [4.78, 5) is 10.1. The van der Waals surface area contributed by atoms with E-state index in [0.717, 1.165) is 0 Å². The van der Waals surface area contributed by atoms with Crippen LogP contribution in [-0.2, 0) is 17.8 Å². The molecule has 0 radical (unpaired) electrons. The van der Waals surface area contributed by atoms with Gasteiger partial charge in [0.1, 0.15) is 29.5 Å². The Kier molecular flexibility index (Phi) is 5.97. The first-order valence-corrected chi connectivity index (χ1v) is 10.3. The zero-order chi connectivity index (χ0) is 25.8. The molecule has 0 N–H and O–H groups in total. The molecule has 1 aromatic carbocycles. The summed E-state index contributed by atoms with van der Waals surface area (Å²) in [5.74, 6) is 0. The summed E-state index contributed by atoms with van der Waals surface area (Å²) in [7, 11) is 0. The number of pyridine rings is 1. The molecule has 0 bridgehead atoms. The number of nitrogens with zero attached hydrogens (tertiary/aromatic N) is 5. The van der Waals surface area contributed by atoms with E-state index >= 15 is 0 Å². The molecule has 35 heavy (non-hydrogen) atoms. The van der Waals surface area contributed by atoms with Crippen molar-refractivity contribution in [3.05, 3.63) is 70.0 Å². The summed E-state index contributed by atoms with van der Waals surface area (Å²) in [5, 5.41) is 3.93. The van der Waals surface area contributed by atoms with Crippen LogP contribution in [0.25, 0.3) is 5.69 Å². The molecule has 0 aliphatic carbocycles. The molecular formula is C20H11BrF9N5. The largest absolute Gasteiger partial charge is 0.433 e. The molecule has 15 heteroatoms. The third-order valence-electron chi connectivity index (χ3n) is 5.44. The van der Waals surface area contributed by atoms with Gasteiger partial charge in [-0.25, -0.2) is 14.6 Å². The Bertz CT molecular complexity index is 1230. The summed E-state index contributed by atoms with van der Waals surface area (Å²) >= 11 is 3.27. The summed E-state index contributed by atoms with van der Waals surface area (Å²) in [6.07, 6.45) is -14.0. The molecule has 0 saturated heterocycles. The van der Waals surface area contributed by atoms with Gasteiger partial charge in [-0.05, 0) is 57.7 Å². The maximum absolute atomic E-state index is 14.3. The fraction of sp³-hybridized carbons (Fsp3) is 0.300. The highest BCUT2D eigenvalue weighted by atomic mass is 79.9. The second-order valence-electron chi connectivity index (χ2n) is 7.64. The number of hydrogen-bond donors (Lipinski definition) is 0. The van der Waals surface area contributed by atoms with Gasteiger partial charge in [-0.15, -0.1) is 0 Å². The van der Waals surface area contributed by atoms with Gasteiger partial charge in [0.2, 0.25) is 0 Å². The molecular weight excluding hydrogens is 561 g/mol. The fourth-order valence-electron chi connectivity index (χ4n) is 3.70. The van der Waals surface area contributed by atoms with Gasteiger partial charge in [0.25, 0.3) is 0 Å². The molecule has 2 atom stereocenters. The number of rotatable bonds is 3. The molecule has 3 aromatic rings. The van der Waals surface area contributed by atoms with E-state index in [9.17, 15) is 39.5 Å². The van der Waals surface area contributed by atoms with Gasteiger partial charge in [0.15, 0.2) is 0 Å². The lowest BCUT2D eigenvalue weighted by atomic mass is 9.76. The lowest BCUT2D eigenvalue weighted by molar-refractivity contribution is -0.170. The highest BCUT2D eigenvalue weighted by Crippen LogP contribution is 2.51. The average Bonchev–Trinajstić information content (AvgIpc) is 3.43. The maximum Gasteiger partial charge on any atom is 0.433 e. The summed E-state index contributed by atoms with van der Waals surface area (Å²) in [6.45, 7) is 0. The average molecular weight is 572 g/mol. The van der Waals surface area contributed by atoms with Crippen LogP contribution in [0.3, 0.4) is 0 Å². The van der Waals surface area contributed by atoms with E-state index in [2.05, 4.69) is 36.0 Å². The highest BCUT2D eigenvalue weighted by Gasteiger charge is 2.59. The lowest BCUT2D eigenvalue weighted by Gasteiger charge is -2.31. The van der Waals surface area contributed by atoms with Gasteiger partial charge >= 0.3 is 18.5 Å². The second kappa shape index (κ2) is 8.31. The van der Waals surface area contributed by atoms with Crippen LogP contribution in [-0.4, -0.2) is 32.1 Å². The zero-order valence-corrected chi connectivity index (χ0v) is 18.5. The maximum atomic E-state index is 14.3. The van der Waals surface area contributed by atoms with Gasteiger partial charge < -0.3 is 0 Å². The standard InChI is InChI=1S/C20H11BrF9N5/c21-12-3-10(1-2-14(12)35-9-31-8-33-35)13-6-17(7-32-13,20(28,29)30)11-4-15(18(22,23)24)34-16(5-11)19(25,26)27/h1-5,7-9,13H,6H2. The first-order valence-electron chi connectivity index (χ1n) is 9.54. The van der Waals surface area contributed by atoms with Gasteiger partial charge in [-0.2, -0.15) is 44.6 Å². The van der Waals surface area contributed by atoms with Crippen molar-refractivity contribution in [1.29, 1.82) is 0 Å². The van der Waals surface area contributed by atoms with Crippen LogP contribution in [0, 0.1) is 0 Å². The van der Waals surface area contributed by atoms with Crippen LogP contribution in [0.1, 0.15) is 35.0 Å². The van der Waals surface area contributed by atoms with Crippen LogP contribution in [0.2, 0.25) is 0 Å². The van der Waals surface area contributed by atoms with Crippen molar-refractivity contribution in [2.24, 2.45) is 4.99 Å². The van der Waals surface area contributed by atoms with Gasteiger partial charge in [0, 0.05) is 10.7 Å². The van der Waals surface area contributed by atoms with E-state index in [1.165, 1.54) is 35.5 Å². The molecule has 2 unspecified atom stereocenters. The molecule has 3 heterocycles. The van der Waals surface area contributed by atoms with Crippen molar-refractivity contribution < 1.29 is 39.5 Å². The van der Waals surface area contributed by atoms with Crippen LogP contribution in [0.5, 0.6) is 0 Å². The number of aromatic nitrogens is 4. The normalized spacial score (nSPS) is 21.0. The molecule has 0 amide bonds. The number of hydrogen-bond acceptors (Lipinski definition) is 4. The minimum absolute atomic E-state index is 0.0130. The first kappa shape index (κ1) is 25.1. The molecule has 4 rings (SSSR count). The SMILES string of the molecule is FC(F)(F)c1cc(C2(C(F)(F)F)C=NC(c3ccc(-n4cncn4)c(Br)c3)C2)cc(C(F)(F)F)n1. The number of halogens is 10. The molecule has 0 fully saturated rings. The minimum Gasteiger partial charge on any atom is -0.288 e. The smallest absolute Gasteiger partial charge is 0.288 e. The van der Waals surface area contributed by atoms with E-state index in [0.29, 0.717) is 16.4 Å². The quantitative estimate of drug-likeness (QED) is 0.338. The number of benzene rings is 1. The summed E-state index contributed by atoms with van der Waals surface area (Å²) in [6, 6.07) is 3.16. The Morgan fingerprint density at radius 1 is 0.914 bits per heavy atom. The zero-order valence-electron chi connectivity index (χ0n) is 16.9. The minimum atomic E-state index is -5.40. The third-order valence-corrected chi connectivity index (χ3v) is 6.07. The molecule has 186 valence electrons. The molecule has 0 saturated carbocycles. The van der Waals surface area contributed by atoms with Crippen molar-refractivity contribution >= 4 is 22.1 Å². The van der Waals surface area contributed by atoms with Gasteiger partial charge in [-0.3, -0.25) is 4.99 Å². The fourth-order valence-corrected chi connectivity index (χ4v) is 4.28. The molecule has 1 aliphatic heterocycles. The van der Waals surface area contributed by atoms with Gasteiger partial charge in [-0.1, -0.05) is 6.07 Å². The van der Waals surface area contributed by atoms with Crippen molar-refractivity contribution in [1.82, 2.24) is 19.7 Å². The monoisotopic (exact) mass is 571 g/mol. The molecule has 5 nitrogen and oxygen atoms in total. The number of alkyl halides is 9. The van der Waals surface area contributed by atoms with Crippen molar-refractivity contribution in [2.75, 3.05) is 0 Å². The first-order chi connectivity index (χ1) is 16.1. The molecule has 1 aliphatic rings. The van der Waals surface area contributed by atoms with Crippen molar-refractivity contribution in [3.8, 4) is 5.69 Å². The van der Waals surface area contributed by atoms with Gasteiger partial charge in [0.05, 0.1) is 11.7 Å². The predicted octanol–water partition coefficient (Wildman–Crippen LogP) is 6.48. The predicted molar refractivity (Wildman–Crippen MR) is 107 cm³/mol. The third kappa shape index (κ3) is 4.65. The number of aliphatic imine (C=N–C) groups is 1. The van der Waals surface area contributed by atoms with E-state index in [-0.39, 0.29) is 17.7 Å². The van der Waals surface area contributed by atoms with Crippen LogP contribution >= 0.6 is 15.9 Å². The molecule has 2 aromatic heterocycles. The lowest BCUT2D eigenvalue weighted by Crippen LogP contribution is -2.43. The Labute approximate surface area is 198 Å². The van der Waals surface area contributed by atoms with Crippen LogP contribution < -0.4 is 0 Å². The van der Waals surface area contributed by atoms with Crippen LogP contribution in [0.15, 0.2) is 52.5 Å². The van der Waals surface area contributed by atoms with Crippen LogP contribution in [0.4, 0.5) is 39.5 Å². The Morgan fingerprint density at radius 3 is 2.03 bits per heavy atom. The Morgan fingerprint density at radius 2 is 1.54 bits per heavy atom. The van der Waals surface area contributed by atoms with Crippen molar-refractivity contribution in [2.45, 2.75) is 36.4 Å². The van der Waals surface area contributed by atoms with E-state index in [1.807, 2.05) is 0 Å². The van der Waals surface area contributed by atoms with Crippen molar-refractivity contribution in [3.63, 3.8) is 0 Å². The highest BCUT2D eigenvalue weighted by molar-refractivity contribution is 9.10. The Balaban J connectivity index is 1.78. The van der Waals surface area contributed by atoms with E-state index in [4.69, 9.17) is 0 Å².